The van der Waals surface area contributed by atoms with Gasteiger partial charge in [-0.05, 0) is 98.1 Å². The summed E-state index contributed by atoms with van der Waals surface area (Å²) in [6, 6.07) is 10.5. The van der Waals surface area contributed by atoms with Crippen molar-refractivity contribution in [3.05, 3.63) is 68.4 Å². The number of H-pyrrole nitrogens is 1. The number of ether oxygens (including phenoxy) is 1. The molecule has 4 fully saturated rings. The highest BCUT2D eigenvalue weighted by molar-refractivity contribution is 6.32. The monoisotopic (exact) mass is 519 g/mol. The average molecular weight is 520 g/mol. The van der Waals surface area contributed by atoms with Gasteiger partial charge >= 0.3 is 0 Å². The molecule has 0 unspecified atom stereocenters. The lowest BCUT2D eigenvalue weighted by atomic mass is 9.49. The van der Waals surface area contributed by atoms with Gasteiger partial charge in [-0.15, -0.1) is 0 Å². The lowest BCUT2D eigenvalue weighted by Gasteiger charge is -2.57. The van der Waals surface area contributed by atoms with Gasteiger partial charge in [0, 0.05) is 29.2 Å². The van der Waals surface area contributed by atoms with Crippen molar-refractivity contribution in [2.75, 3.05) is 13.7 Å². The molecule has 3 aromatic rings. The molecule has 2 aromatic carbocycles. The molecule has 1 aliphatic heterocycles. The first kappa shape index (κ1) is 23.1. The summed E-state index contributed by atoms with van der Waals surface area (Å²) < 4.78 is 5.48. The molecule has 37 heavy (non-hydrogen) atoms. The maximum Gasteiger partial charge on any atom is 0.288 e. The third-order valence-corrected chi connectivity index (χ3v) is 9.89. The first-order chi connectivity index (χ1) is 17.8. The SMILES string of the molecule is COc1ccc2[nH]c3c(c2c1)CCN(C(=O)C12CC4CC(CC(C4)C1)C2)[C@@H]3c1ccc(Cl)c([N+](=O)[O-])c1. The summed E-state index contributed by atoms with van der Waals surface area (Å²) >= 11 is 6.19. The summed E-state index contributed by atoms with van der Waals surface area (Å²) in [5.74, 6) is 2.99. The van der Waals surface area contributed by atoms with Crippen LogP contribution in [0.15, 0.2) is 36.4 Å². The fraction of sp³-hybridized carbons (Fsp3) is 0.483. The first-order valence-electron chi connectivity index (χ1n) is 13.3. The summed E-state index contributed by atoms with van der Waals surface area (Å²) in [5, 5.41) is 13.0. The van der Waals surface area contributed by atoms with Crippen LogP contribution in [0, 0.1) is 33.3 Å². The third kappa shape index (κ3) is 3.50. The molecule has 8 heteroatoms. The topological polar surface area (TPSA) is 88.5 Å². The Hall–Kier alpha value is -3.06. The quantitative estimate of drug-likeness (QED) is 0.318. The van der Waals surface area contributed by atoms with E-state index < -0.39 is 11.0 Å². The van der Waals surface area contributed by atoms with Crippen LogP contribution < -0.4 is 4.74 Å². The van der Waals surface area contributed by atoms with E-state index in [-0.39, 0.29) is 22.0 Å². The zero-order valence-corrected chi connectivity index (χ0v) is 21.6. The zero-order valence-electron chi connectivity index (χ0n) is 20.8. The maximum absolute atomic E-state index is 14.6. The molecular formula is C29H30ClN3O4. The van der Waals surface area contributed by atoms with Gasteiger partial charge in [0.2, 0.25) is 5.91 Å². The van der Waals surface area contributed by atoms with E-state index in [4.69, 9.17) is 16.3 Å². The lowest BCUT2D eigenvalue weighted by molar-refractivity contribution is -0.384. The van der Waals surface area contributed by atoms with Crippen LogP contribution in [0.3, 0.4) is 0 Å². The molecule has 1 N–H and O–H groups in total. The number of aromatic nitrogens is 1. The fourth-order valence-electron chi connectivity index (χ4n) is 8.48. The largest absolute Gasteiger partial charge is 0.497 e. The summed E-state index contributed by atoms with van der Waals surface area (Å²) in [7, 11) is 1.65. The highest BCUT2D eigenvalue weighted by Gasteiger charge is 2.56. The number of fused-ring (bicyclic) bond motifs is 3. The average Bonchev–Trinajstić information content (AvgIpc) is 3.25. The molecule has 1 atom stereocenters. The number of nitrogens with one attached hydrogen (secondary N) is 1. The highest BCUT2D eigenvalue weighted by Crippen LogP contribution is 2.61. The van der Waals surface area contributed by atoms with Crippen LogP contribution in [0.25, 0.3) is 10.9 Å². The smallest absolute Gasteiger partial charge is 0.288 e. The van der Waals surface area contributed by atoms with E-state index in [1.54, 1.807) is 19.2 Å². The maximum atomic E-state index is 14.6. The van der Waals surface area contributed by atoms with Crippen molar-refractivity contribution in [3.8, 4) is 5.75 Å². The molecule has 5 aliphatic rings. The molecule has 1 amide bonds. The summed E-state index contributed by atoms with van der Waals surface area (Å²) in [6.45, 7) is 0.582. The Morgan fingerprint density at radius 2 is 1.81 bits per heavy atom. The van der Waals surface area contributed by atoms with Crippen molar-refractivity contribution in [1.29, 1.82) is 0 Å². The number of rotatable bonds is 4. The van der Waals surface area contributed by atoms with Crippen molar-refractivity contribution < 1.29 is 14.5 Å². The van der Waals surface area contributed by atoms with Gasteiger partial charge in [0.15, 0.2) is 0 Å². The van der Waals surface area contributed by atoms with Crippen LogP contribution >= 0.6 is 11.6 Å². The van der Waals surface area contributed by atoms with Crippen LogP contribution in [-0.4, -0.2) is 34.4 Å². The number of carbonyl (C=O) groups is 1. The van der Waals surface area contributed by atoms with Gasteiger partial charge in [0.25, 0.3) is 5.69 Å². The Kier molecular flexibility index (Phi) is 5.13. The predicted molar refractivity (Wildman–Crippen MR) is 141 cm³/mol. The molecule has 8 rings (SSSR count). The fourth-order valence-corrected chi connectivity index (χ4v) is 8.66. The number of hydrogen-bond donors (Lipinski definition) is 1. The number of methoxy groups -OCH3 is 1. The number of carbonyl (C=O) groups excluding carboxylic acids is 1. The molecule has 1 aromatic heterocycles. The Bertz CT molecular complexity index is 1410. The summed E-state index contributed by atoms with van der Waals surface area (Å²) in [4.78, 5) is 31.5. The van der Waals surface area contributed by atoms with E-state index in [9.17, 15) is 14.9 Å². The molecule has 4 saturated carbocycles. The Labute approximate surface area is 220 Å². The Morgan fingerprint density at radius 3 is 2.46 bits per heavy atom. The van der Waals surface area contributed by atoms with E-state index in [1.807, 2.05) is 29.2 Å². The van der Waals surface area contributed by atoms with Gasteiger partial charge in [-0.1, -0.05) is 17.7 Å². The van der Waals surface area contributed by atoms with Crippen LogP contribution in [0.1, 0.15) is 61.4 Å². The molecule has 0 saturated heterocycles. The van der Waals surface area contributed by atoms with E-state index in [2.05, 4.69) is 4.98 Å². The number of nitrogens with zero attached hydrogens (tertiary/aromatic N) is 2. The molecule has 7 nitrogen and oxygen atoms in total. The standard InChI is InChI=1S/C29H30ClN3O4/c1-37-20-3-5-24-22(12-20)21-6-7-32(28(34)29-13-16-8-17(14-29)10-18(9-16)15-29)27(26(21)31-24)19-2-4-23(30)25(11-19)33(35)36/h2-5,11-12,16-18,27,31H,6-10,13-15H2,1H3/t16?,17?,18?,27-,29?/m1/s1. The molecule has 2 heterocycles. The van der Waals surface area contributed by atoms with Crippen LogP contribution in [-0.2, 0) is 11.2 Å². The molecule has 4 aliphatic carbocycles. The number of amides is 1. The molecule has 192 valence electrons. The Morgan fingerprint density at radius 1 is 1.11 bits per heavy atom. The second-order valence-electron chi connectivity index (χ2n) is 11.7. The van der Waals surface area contributed by atoms with E-state index >= 15 is 0 Å². The number of benzene rings is 2. The van der Waals surface area contributed by atoms with E-state index in [0.717, 1.165) is 53.6 Å². The molecule has 0 radical (unpaired) electrons. The van der Waals surface area contributed by atoms with Gasteiger partial charge in [-0.3, -0.25) is 14.9 Å². The van der Waals surface area contributed by atoms with Gasteiger partial charge in [0.05, 0.1) is 23.5 Å². The minimum atomic E-state index is -0.448. The Balaban J connectivity index is 1.37. The van der Waals surface area contributed by atoms with Crippen LogP contribution in [0.4, 0.5) is 5.69 Å². The molecular weight excluding hydrogens is 490 g/mol. The predicted octanol–water partition coefficient (Wildman–Crippen LogP) is 6.43. The zero-order chi connectivity index (χ0) is 25.5. The third-order valence-electron chi connectivity index (χ3n) is 9.57. The molecule has 4 bridgehead atoms. The number of aromatic amines is 1. The number of nitro groups is 1. The van der Waals surface area contributed by atoms with Crippen molar-refractivity contribution in [2.24, 2.45) is 23.2 Å². The second-order valence-corrected chi connectivity index (χ2v) is 12.2. The molecule has 0 spiro atoms. The second kappa shape index (κ2) is 8.22. The van der Waals surface area contributed by atoms with Gasteiger partial charge in [-0.2, -0.15) is 0 Å². The van der Waals surface area contributed by atoms with Crippen LogP contribution in [0.5, 0.6) is 5.75 Å². The van der Waals surface area contributed by atoms with Crippen molar-refractivity contribution >= 4 is 34.1 Å². The number of nitro benzene ring substituents is 1. The first-order valence-corrected chi connectivity index (χ1v) is 13.7. The highest BCUT2D eigenvalue weighted by atomic mass is 35.5. The van der Waals surface area contributed by atoms with Gasteiger partial charge in [0.1, 0.15) is 10.8 Å². The van der Waals surface area contributed by atoms with Crippen LogP contribution in [0.2, 0.25) is 5.02 Å². The number of hydrogen-bond acceptors (Lipinski definition) is 4. The van der Waals surface area contributed by atoms with Crippen molar-refractivity contribution in [2.45, 2.75) is 51.0 Å². The minimum Gasteiger partial charge on any atom is -0.497 e. The van der Waals surface area contributed by atoms with Crippen molar-refractivity contribution in [3.63, 3.8) is 0 Å². The summed E-state index contributed by atoms with van der Waals surface area (Å²) in [6.07, 6.45) is 7.50. The number of halogens is 1. The normalized spacial score (nSPS) is 29.9. The summed E-state index contributed by atoms with van der Waals surface area (Å²) in [5.41, 5.74) is 3.34. The van der Waals surface area contributed by atoms with E-state index in [1.165, 1.54) is 19.3 Å². The van der Waals surface area contributed by atoms with Gasteiger partial charge < -0.3 is 14.6 Å². The van der Waals surface area contributed by atoms with Crippen molar-refractivity contribution in [1.82, 2.24) is 9.88 Å². The van der Waals surface area contributed by atoms with E-state index in [0.29, 0.717) is 29.9 Å². The lowest BCUT2D eigenvalue weighted by Crippen LogP contribution is -2.56. The minimum absolute atomic E-state index is 0.102. The van der Waals surface area contributed by atoms with Gasteiger partial charge in [-0.25, -0.2) is 0 Å².